The highest BCUT2D eigenvalue weighted by molar-refractivity contribution is 7.16. The topological polar surface area (TPSA) is 49.4 Å². The van der Waals surface area contributed by atoms with Crippen LogP contribution in [0.1, 0.15) is 17.4 Å². The maximum Gasteiger partial charge on any atom is 0.325 e. The van der Waals surface area contributed by atoms with E-state index in [9.17, 15) is 18.4 Å². The summed E-state index contributed by atoms with van der Waals surface area (Å²) in [5, 5.41) is 2.38. The van der Waals surface area contributed by atoms with E-state index in [0.29, 0.717) is 9.21 Å². The van der Waals surface area contributed by atoms with E-state index in [1.54, 1.807) is 12.1 Å². The molecule has 4 nitrogen and oxygen atoms in total. The van der Waals surface area contributed by atoms with Crippen molar-refractivity contribution in [3.8, 4) is 0 Å². The number of urea groups is 1. The van der Waals surface area contributed by atoms with Crippen molar-refractivity contribution in [2.24, 2.45) is 0 Å². The highest BCUT2D eigenvalue weighted by Crippen LogP contribution is 2.34. The molecule has 1 N–H and O–H groups in total. The van der Waals surface area contributed by atoms with Crippen molar-refractivity contribution in [1.29, 1.82) is 0 Å². The van der Waals surface area contributed by atoms with Gasteiger partial charge in [0, 0.05) is 4.88 Å². The zero-order valence-electron chi connectivity index (χ0n) is 11.9. The van der Waals surface area contributed by atoms with Gasteiger partial charge in [0.25, 0.3) is 5.91 Å². The van der Waals surface area contributed by atoms with Crippen LogP contribution in [0.2, 0.25) is 4.34 Å². The van der Waals surface area contributed by atoms with Crippen LogP contribution >= 0.6 is 22.9 Å². The number of benzene rings is 1. The lowest BCUT2D eigenvalue weighted by Crippen LogP contribution is -2.42. The summed E-state index contributed by atoms with van der Waals surface area (Å²) in [5.41, 5.74) is -2.25. The molecule has 8 heteroatoms. The predicted octanol–water partition coefficient (Wildman–Crippen LogP) is 3.65. The molecule has 0 spiro atoms. The minimum atomic E-state index is -1.78. The Labute approximate surface area is 139 Å². The SMILES string of the molecule is C[C@]1(c2c(F)cccc2F)NC(=O)N(Cc2ccc(Cl)s2)C1=O. The fraction of sp³-hybridized carbons (Fsp3) is 0.200. The fourth-order valence-corrected chi connectivity index (χ4v) is 3.65. The number of amides is 3. The van der Waals surface area contributed by atoms with Crippen molar-refractivity contribution in [3.63, 3.8) is 0 Å². The van der Waals surface area contributed by atoms with Gasteiger partial charge in [-0.25, -0.2) is 13.6 Å². The van der Waals surface area contributed by atoms with E-state index in [0.717, 1.165) is 17.0 Å². The van der Waals surface area contributed by atoms with E-state index in [1.807, 2.05) is 0 Å². The zero-order valence-corrected chi connectivity index (χ0v) is 13.5. The third-order valence-corrected chi connectivity index (χ3v) is 4.90. The second kappa shape index (κ2) is 5.58. The smallest absolute Gasteiger partial charge is 0.319 e. The van der Waals surface area contributed by atoms with Gasteiger partial charge in [-0.15, -0.1) is 11.3 Å². The Morgan fingerprint density at radius 3 is 2.43 bits per heavy atom. The van der Waals surface area contributed by atoms with Crippen LogP contribution in [0.5, 0.6) is 0 Å². The van der Waals surface area contributed by atoms with Gasteiger partial charge in [0.05, 0.1) is 16.4 Å². The van der Waals surface area contributed by atoms with Gasteiger partial charge in [-0.2, -0.15) is 0 Å². The first kappa shape index (κ1) is 15.9. The van der Waals surface area contributed by atoms with E-state index >= 15 is 0 Å². The van der Waals surface area contributed by atoms with E-state index in [1.165, 1.54) is 24.3 Å². The fourth-order valence-electron chi connectivity index (χ4n) is 2.58. The first-order valence-corrected chi connectivity index (χ1v) is 7.85. The Balaban J connectivity index is 1.97. The van der Waals surface area contributed by atoms with Crippen molar-refractivity contribution in [2.45, 2.75) is 19.0 Å². The van der Waals surface area contributed by atoms with Crippen molar-refractivity contribution >= 4 is 34.9 Å². The van der Waals surface area contributed by atoms with Crippen LogP contribution in [0.15, 0.2) is 30.3 Å². The number of carbonyl (C=O) groups is 2. The van der Waals surface area contributed by atoms with Gasteiger partial charge in [0.2, 0.25) is 0 Å². The lowest BCUT2D eigenvalue weighted by Gasteiger charge is -2.23. The van der Waals surface area contributed by atoms with Gasteiger partial charge < -0.3 is 5.32 Å². The van der Waals surface area contributed by atoms with Crippen molar-refractivity contribution < 1.29 is 18.4 Å². The molecule has 0 aliphatic carbocycles. The summed E-state index contributed by atoms with van der Waals surface area (Å²) in [5.74, 6) is -2.49. The van der Waals surface area contributed by atoms with E-state index in [-0.39, 0.29) is 6.54 Å². The molecule has 1 atom stereocenters. The summed E-state index contributed by atoms with van der Waals surface area (Å²) in [4.78, 5) is 26.4. The molecule has 2 heterocycles. The summed E-state index contributed by atoms with van der Waals surface area (Å²) in [6.45, 7) is 1.28. The normalized spacial score (nSPS) is 21.0. The standard InChI is InChI=1S/C15H11ClF2N2O2S/c1-15(12-9(17)3-2-4-10(12)18)13(21)20(14(22)19-15)7-8-5-6-11(16)23-8/h2-6H,7H2,1H3,(H,19,22)/t15-/m1/s1. The number of hydrogen-bond acceptors (Lipinski definition) is 3. The number of rotatable bonds is 3. The lowest BCUT2D eigenvalue weighted by molar-refractivity contribution is -0.131. The Kier molecular flexibility index (Phi) is 3.85. The van der Waals surface area contributed by atoms with Crippen molar-refractivity contribution in [3.05, 3.63) is 56.7 Å². The van der Waals surface area contributed by atoms with Crippen LogP contribution in [0.3, 0.4) is 0 Å². The van der Waals surface area contributed by atoms with Crippen LogP contribution in [0, 0.1) is 11.6 Å². The molecule has 120 valence electrons. The number of halogens is 3. The number of nitrogens with one attached hydrogen (secondary N) is 1. The van der Waals surface area contributed by atoms with Crippen LogP contribution in [-0.2, 0) is 16.9 Å². The quantitative estimate of drug-likeness (QED) is 0.853. The van der Waals surface area contributed by atoms with Crippen LogP contribution in [0.25, 0.3) is 0 Å². The molecule has 1 aliphatic heterocycles. The van der Waals surface area contributed by atoms with Crippen molar-refractivity contribution in [1.82, 2.24) is 10.2 Å². The van der Waals surface area contributed by atoms with Gasteiger partial charge in [0.1, 0.15) is 17.2 Å². The van der Waals surface area contributed by atoms with E-state index < -0.39 is 34.7 Å². The predicted molar refractivity (Wildman–Crippen MR) is 82.1 cm³/mol. The van der Waals surface area contributed by atoms with Gasteiger partial charge in [-0.3, -0.25) is 9.69 Å². The summed E-state index contributed by atoms with van der Waals surface area (Å²) in [6, 6.07) is 5.92. The van der Waals surface area contributed by atoms with Gasteiger partial charge in [0.15, 0.2) is 0 Å². The molecule has 2 aromatic rings. The zero-order chi connectivity index (χ0) is 16.8. The first-order valence-electron chi connectivity index (χ1n) is 6.66. The minimum absolute atomic E-state index is 0.00624. The van der Waals surface area contributed by atoms with Crippen LogP contribution in [0.4, 0.5) is 13.6 Å². The Morgan fingerprint density at radius 1 is 1.22 bits per heavy atom. The molecule has 1 aliphatic rings. The summed E-state index contributed by atoms with van der Waals surface area (Å²) < 4.78 is 28.6. The molecule has 23 heavy (non-hydrogen) atoms. The molecule has 0 radical (unpaired) electrons. The highest BCUT2D eigenvalue weighted by atomic mass is 35.5. The molecular formula is C15H11ClF2N2O2S. The number of thiophene rings is 1. The molecule has 1 aromatic carbocycles. The molecule has 0 unspecified atom stereocenters. The maximum absolute atomic E-state index is 14.0. The molecule has 3 rings (SSSR count). The van der Waals surface area contributed by atoms with Crippen LogP contribution < -0.4 is 5.32 Å². The molecule has 1 saturated heterocycles. The largest absolute Gasteiger partial charge is 0.325 e. The van der Waals surface area contributed by atoms with E-state index in [2.05, 4.69) is 5.32 Å². The minimum Gasteiger partial charge on any atom is -0.319 e. The second-order valence-electron chi connectivity index (χ2n) is 5.25. The monoisotopic (exact) mass is 356 g/mol. The average Bonchev–Trinajstić information content (AvgIpc) is 2.96. The van der Waals surface area contributed by atoms with Crippen LogP contribution in [-0.4, -0.2) is 16.8 Å². The third kappa shape index (κ3) is 2.60. The molecule has 3 amide bonds. The number of carbonyl (C=O) groups excluding carboxylic acids is 2. The average molecular weight is 357 g/mol. The Bertz CT molecular complexity index is 790. The van der Waals surface area contributed by atoms with Crippen molar-refractivity contribution in [2.75, 3.05) is 0 Å². The molecular weight excluding hydrogens is 346 g/mol. The summed E-state index contributed by atoms with van der Waals surface area (Å²) in [6.07, 6.45) is 0. The molecule has 1 aromatic heterocycles. The molecule has 0 bridgehead atoms. The number of imide groups is 1. The third-order valence-electron chi connectivity index (χ3n) is 3.68. The van der Waals surface area contributed by atoms with Gasteiger partial charge in [-0.1, -0.05) is 17.7 Å². The van der Waals surface area contributed by atoms with Gasteiger partial charge in [-0.05, 0) is 31.2 Å². The molecule has 0 saturated carbocycles. The summed E-state index contributed by atoms with van der Waals surface area (Å²) >= 11 is 7.05. The highest BCUT2D eigenvalue weighted by Gasteiger charge is 2.51. The Hall–Kier alpha value is -1.99. The number of nitrogens with zero attached hydrogens (tertiary/aromatic N) is 1. The van der Waals surface area contributed by atoms with Gasteiger partial charge >= 0.3 is 6.03 Å². The lowest BCUT2D eigenvalue weighted by atomic mass is 9.91. The summed E-state index contributed by atoms with van der Waals surface area (Å²) in [7, 11) is 0. The Morgan fingerprint density at radius 2 is 1.87 bits per heavy atom. The first-order chi connectivity index (χ1) is 10.8. The molecule has 1 fully saturated rings. The second-order valence-corrected chi connectivity index (χ2v) is 7.05. The number of hydrogen-bond donors (Lipinski definition) is 1. The maximum atomic E-state index is 14.0. The van der Waals surface area contributed by atoms with E-state index in [4.69, 9.17) is 11.6 Å².